The van der Waals surface area contributed by atoms with Crippen LogP contribution in [0.4, 0.5) is 22.0 Å². The number of benzene rings is 1. The minimum Gasteiger partial charge on any atom is -0.396 e. The molecular weight excluding hydrogens is 245 g/mol. The van der Waals surface area contributed by atoms with Crippen LogP contribution in [0.3, 0.4) is 0 Å². The van der Waals surface area contributed by atoms with Crippen molar-refractivity contribution in [2.45, 2.75) is 13.0 Å². The van der Waals surface area contributed by atoms with Crippen molar-refractivity contribution < 1.29 is 27.1 Å². The Balaban J connectivity index is 2.92. The zero-order valence-electron chi connectivity index (χ0n) is 8.67. The molecule has 1 aromatic carbocycles. The molecule has 1 rings (SSSR count). The molecule has 0 spiro atoms. The second-order valence-corrected chi connectivity index (χ2v) is 3.30. The molecule has 17 heavy (non-hydrogen) atoms. The molecule has 1 aromatic rings. The molecule has 0 aliphatic carbocycles. The Kier molecular flexibility index (Phi) is 4.83. The van der Waals surface area contributed by atoms with Gasteiger partial charge in [-0.05, 0) is 13.0 Å². The Morgan fingerprint density at radius 3 is 1.76 bits per heavy atom. The first-order chi connectivity index (χ1) is 8.00. The highest BCUT2D eigenvalue weighted by molar-refractivity contribution is 5.23. The quantitative estimate of drug-likeness (QED) is 0.364. The molecule has 0 saturated carbocycles. The van der Waals surface area contributed by atoms with Gasteiger partial charge in [-0.15, -0.1) is 0 Å². The van der Waals surface area contributed by atoms with Gasteiger partial charge < -0.3 is 10.4 Å². The maximum Gasteiger partial charge on any atom is 0.200 e. The van der Waals surface area contributed by atoms with Gasteiger partial charge in [-0.3, -0.25) is 0 Å². The molecule has 0 heterocycles. The third kappa shape index (κ3) is 2.92. The SMILES string of the molecule is OCCCNCc1c(F)c(F)c(F)c(F)c1F. The van der Waals surface area contributed by atoms with E-state index in [9.17, 15) is 22.0 Å². The Bertz CT molecular complexity index is 381. The second-order valence-electron chi connectivity index (χ2n) is 3.30. The molecule has 0 aliphatic heterocycles. The minimum atomic E-state index is -2.17. The van der Waals surface area contributed by atoms with Gasteiger partial charge in [0.15, 0.2) is 23.3 Å². The number of aliphatic hydroxyl groups is 1. The van der Waals surface area contributed by atoms with Crippen LogP contribution in [0.15, 0.2) is 0 Å². The summed E-state index contributed by atoms with van der Waals surface area (Å²) in [5, 5.41) is 10.9. The van der Waals surface area contributed by atoms with E-state index < -0.39 is 41.2 Å². The van der Waals surface area contributed by atoms with E-state index in [0.717, 1.165) is 0 Å². The first kappa shape index (κ1) is 13.9. The first-order valence-electron chi connectivity index (χ1n) is 4.82. The Morgan fingerprint density at radius 2 is 1.29 bits per heavy atom. The smallest absolute Gasteiger partial charge is 0.200 e. The fourth-order valence-corrected chi connectivity index (χ4v) is 1.22. The number of halogens is 5. The zero-order chi connectivity index (χ0) is 13.0. The van der Waals surface area contributed by atoms with Gasteiger partial charge in [-0.2, -0.15) is 0 Å². The molecule has 0 atom stereocenters. The molecule has 0 saturated heterocycles. The van der Waals surface area contributed by atoms with Crippen LogP contribution >= 0.6 is 0 Å². The van der Waals surface area contributed by atoms with Gasteiger partial charge in [0.25, 0.3) is 0 Å². The predicted molar refractivity (Wildman–Crippen MR) is 49.6 cm³/mol. The average Bonchev–Trinajstić information content (AvgIpc) is 2.33. The van der Waals surface area contributed by atoms with E-state index in [0.29, 0.717) is 6.42 Å². The van der Waals surface area contributed by atoms with Gasteiger partial charge in [-0.25, -0.2) is 22.0 Å². The minimum absolute atomic E-state index is 0.135. The van der Waals surface area contributed by atoms with Crippen LogP contribution in [0.2, 0.25) is 0 Å². The van der Waals surface area contributed by atoms with E-state index in [2.05, 4.69) is 5.32 Å². The van der Waals surface area contributed by atoms with Crippen LogP contribution in [0.1, 0.15) is 12.0 Å². The van der Waals surface area contributed by atoms with Gasteiger partial charge >= 0.3 is 0 Å². The summed E-state index contributed by atoms with van der Waals surface area (Å²) in [6.07, 6.45) is 0.315. The maximum absolute atomic E-state index is 13.1. The monoisotopic (exact) mass is 255 g/mol. The number of aliphatic hydroxyl groups excluding tert-OH is 1. The summed E-state index contributed by atoms with van der Waals surface area (Å²) in [6, 6.07) is 0. The topological polar surface area (TPSA) is 32.3 Å². The summed E-state index contributed by atoms with van der Waals surface area (Å²) >= 11 is 0. The summed E-state index contributed by atoms with van der Waals surface area (Å²) < 4.78 is 64.4. The number of nitrogens with one attached hydrogen (secondary N) is 1. The molecule has 0 unspecified atom stereocenters. The zero-order valence-corrected chi connectivity index (χ0v) is 8.67. The predicted octanol–water partition coefficient (Wildman–Crippen LogP) is 1.85. The van der Waals surface area contributed by atoms with Crippen LogP contribution in [-0.4, -0.2) is 18.3 Å². The van der Waals surface area contributed by atoms with Crippen molar-refractivity contribution in [3.63, 3.8) is 0 Å². The van der Waals surface area contributed by atoms with Crippen molar-refractivity contribution in [1.29, 1.82) is 0 Å². The highest BCUT2D eigenvalue weighted by atomic mass is 19.2. The van der Waals surface area contributed by atoms with E-state index in [1.807, 2.05) is 0 Å². The van der Waals surface area contributed by atoms with Crippen LogP contribution in [-0.2, 0) is 6.54 Å². The largest absolute Gasteiger partial charge is 0.396 e. The summed E-state index contributed by atoms with van der Waals surface area (Å²) in [5.41, 5.74) is -0.903. The van der Waals surface area contributed by atoms with Crippen LogP contribution in [0.25, 0.3) is 0 Å². The molecule has 2 N–H and O–H groups in total. The van der Waals surface area contributed by atoms with Crippen molar-refractivity contribution in [3.8, 4) is 0 Å². The molecule has 0 aromatic heterocycles. The van der Waals surface area contributed by atoms with Crippen LogP contribution in [0.5, 0.6) is 0 Å². The first-order valence-corrected chi connectivity index (χ1v) is 4.82. The maximum atomic E-state index is 13.1. The molecule has 96 valence electrons. The standard InChI is InChI=1S/C10H10F5NO/c11-6-5(4-16-2-1-3-17)7(12)9(14)10(15)8(6)13/h16-17H,1-4H2. The molecule has 2 nitrogen and oxygen atoms in total. The lowest BCUT2D eigenvalue weighted by Crippen LogP contribution is -2.19. The molecule has 0 radical (unpaired) electrons. The summed E-state index contributed by atoms with van der Waals surface area (Å²) in [4.78, 5) is 0. The summed E-state index contributed by atoms with van der Waals surface area (Å²) in [7, 11) is 0. The number of rotatable bonds is 5. The number of hydrogen-bond acceptors (Lipinski definition) is 2. The summed E-state index contributed by atoms with van der Waals surface area (Å²) in [6.45, 7) is -0.425. The van der Waals surface area contributed by atoms with Crippen molar-refractivity contribution >= 4 is 0 Å². The fourth-order valence-electron chi connectivity index (χ4n) is 1.22. The summed E-state index contributed by atoms with van der Waals surface area (Å²) in [5.74, 6) is -9.75. The van der Waals surface area contributed by atoms with Crippen LogP contribution < -0.4 is 5.32 Å². The van der Waals surface area contributed by atoms with Crippen molar-refractivity contribution in [3.05, 3.63) is 34.6 Å². The normalized spacial score (nSPS) is 10.9. The van der Waals surface area contributed by atoms with Gasteiger partial charge in [0, 0.05) is 18.7 Å². The average molecular weight is 255 g/mol. The molecule has 0 bridgehead atoms. The Hall–Kier alpha value is -1.21. The molecular formula is C10H10F5NO. The second kappa shape index (κ2) is 5.92. The van der Waals surface area contributed by atoms with Crippen LogP contribution in [0, 0.1) is 29.1 Å². The lowest BCUT2D eigenvalue weighted by Gasteiger charge is -2.08. The van der Waals surface area contributed by atoms with E-state index in [1.165, 1.54) is 0 Å². The third-order valence-corrected chi connectivity index (χ3v) is 2.11. The molecule has 7 heteroatoms. The fraction of sp³-hybridized carbons (Fsp3) is 0.400. The van der Waals surface area contributed by atoms with Crippen molar-refractivity contribution in [2.24, 2.45) is 0 Å². The molecule has 0 amide bonds. The van der Waals surface area contributed by atoms with Gasteiger partial charge in [0.1, 0.15) is 0 Å². The number of hydrogen-bond donors (Lipinski definition) is 2. The third-order valence-electron chi connectivity index (χ3n) is 2.11. The Labute approximate surface area is 94.1 Å². The van der Waals surface area contributed by atoms with Gasteiger partial charge in [0.05, 0.1) is 0 Å². The highest BCUT2D eigenvalue weighted by Gasteiger charge is 2.24. The lowest BCUT2D eigenvalue weighted by atomic mass is 10.1. The van der Waals surface area contributed by atoms with Crippen molar-refractivity contribution in [1.82, 2.24) is 5.32 Å². The lowest BCUT2D eigenvalue weighted by molar-refractivity contribution is 0.285. The van der Waals surface area contributed by atoms with E-state index in [-0.39, 0.29) is 13.2 Å². The van der Waals surface area contributed by atoms with E-state index >= 15 is 0 Å². The van der Waals surface area contributed by atoms with Gasteiger partial charge in [0.2, 0.25) is 5.82 Å². The van der Waals surface area contributed by atoms with Crippen molar-refractivity contribution in [2.75, 3.05) is 13.2 Å². The van der Waals surface area contributed by atoms with E-state index in [4.69, 9.17) is 5.11 Å². The Morgan fingerprint density at radius 1 is 0.824 bits per heavy atom. The van der Waals surface area contributed by atoms with Gasteiger partial charge in [-0.1, -0.05) is 0 Å². The molecule has 0 fully saturated rings. The molecule has 0 aliphatic rings. The van der Waals surface area contributed by atoms with E-state index in [1.54, 1.807) is 0 Å². The highest BCUT2D eigenvalue weighted by Crippen LogP contribution is 2.22.